The SMILES string of the molecule is O=c1ccc(C2COC(CP(=O)(O)Cc3ccccc3)CN2)c[nH]1. The molecule has 2 heterocycles. The van der Waals surface area contributed by atoms with Gasteiger partial charge in [-0.3, -0.25) is 9.36 Å². The minimum absolute atomic E-state index is 0.0229. The average Bonchev–Trinajstić information content (AvgIpc) is 2.56. The predicted molar refractivity (Wildman–Crippen MR) is 92.4 cm³/mol. The van der Waals surface area contributed by atoms with Gasteiger partial charge in [-0.05, 0) is 11.1 Å². The molecule has 3 N–H and O–H groups in total. The Labute approximate surface area is 140 Å². The van der Waals surface area contributed by atoms with Crippen LogP contribution in [0.4, 0.5) is 0 Å². The van der Waals surface area contributed by atoms with Crippen LogP contribution < -0.4 is 10.9 Å². The van der Waals surface area contributed by atoms with E-state index in [9.17, 15) is 14.3 Å². The fourth-order valence-electron chi connectivity index (χ4n) is 2.85. The lowest BCUT2D eigenvalue weighted by Gasteiger charge is -2.31. The number of nitrogens with one attached hydrogen (secondary N) is 2. The predicted octanol–water partition coefficient (Wildman–Crippen LogP) is 1.87. The Kier molecular flexibility index (Phi) is 5.31. The molecule has 0 saturated carbocycles. The quantitative estimate of drug-likeness (QED) is 0.718. The second-order valence-electron chi connectivity index (χ2n) is 6.08. The summed E-state index contributed by atoms with van der Waals surface area (Å²) in [4.78, 5) is 24.0. The number of hydrogen-bond acceptors (Lipinski definition) is 4. The summed E-state index contributed by atoms with van der Waals surface area (Å²) in [6.45, 7) is 0.908. The fraction of sp³-hybridized carbons (Fsp3) is 0.353. The molecule has 6 nitrogen and oxygen atoms in total. The molecule has 1 aliphatic heterocycles. The second kappa shape index (κ2) is 7.45. The molecule has 24 heavy (non-hydrogen) atoms. The zero-order chi connectivity index (χ0) is 17.0. The van der Waals surface area contributed by atoms with Crippen molar-refractivity contribution in [2.24, 2.45) is 0 Å². The third kappa shape index (κ3) is 4.65. The van der Waals surface area contributed by atoms with Crippen LogP contribution in [0.15, 0.2) is 53.5 Å². The number of pyridine rings is 1. The van der Waals surface area contributed by atoms with Crippen LogP contribution in [0.5, 0.6) is 0 Å². The van der Waals surface area contributed by atoms with E-state index in [1.54, 1.807) is 12.3 Å². The van der Waals surface area contributed by atoms with E-state index in [2.05, 4.69) is 10.3 Å². The van der Waals surface area contributed by atoms with E-state index in [1.165, 1.54) is 6.07 Å². The van der Waals surface area contributed by atoms with E-state index >= 15 is 0 Å². The van der Waals surface area contributed by atoms with Gasteiger partial charge in [-0.2, -0.15) is 0 Å². The van der Waals surface area contributed by atoms with Crippen LogP contribution in [0.3, 0.4) is 0 Å². The van der Waals surface area contributed by atoms with Gasteiger partial charge in [-0.25, -0.2) is 0 Å². The minimum atomic E-state index is -3.29. The topological polar surface area (TPSA) is 91.4 Å². The number of hydrogen-bond donors (Lipinski definition) is 3. The smallest absolute Gasteiger partial charge is 0.247 e. The van der Waals surface area contributed by atoms with Crippen LogP contribution >= 0.6 is 7.37 Å². The molecule has 3 unspecified atom stereocenters. The lowest BCUT2D eigenvalue weighted by Crippen LogP contribution is -2.43. The highest BCUT2D eigenvalue weighted by Crippen LogP contribution is 2.45. The molecule has 0 bridgehead atoms. The maximum absolute atomic E-state index is 12.4. The molecule has 1 saturated heterocycles. The Hall–Kier alpha value is -1.72. The van der Waals surface area contributed by atoms with Crippen LogP contribution in [0.25, 0.3) is 0 Å². The van der Waals surface area contributed by atoms with Crippen molar-refractivity contribution in [3.63, 3.8) is 0 Å². The highest BCUT2D eigenvalue weighted by molar-refractivity contribution is 7.57. The summed E-state index contributed by atoms with van der Waals surface area (Å²) in [6, 6.07) is 12.5. The summed E-state index contributed by atoms with van der Waals surface area (Å²) in [5.74, 6) is 0. The van der Waals surface area contributed by atoms with Gasteiger partial charge in [0.25, 0.3) is 0 Å². The van der Waals surface area contributed by atoms with Crippen LogP contribution in [0, 0.1) is 0 Å². The molecule has 0 radical (unpaired) electrons. The number of rotatable bonds is 5. The Bertz CT molecular complexity index is 749. The summed E-state index contributed by atoms with van der Waals surface area (Å²) in [6.07, 6.45) is 1.67. The van der Waals surface area contributed by atoms with Crippen molar-refractivity contribution in [2.45, 2.75) is 18.3 Å². The minimum Gasteiger partial charge on any atom is -0.374 e. The molecule has 128 valence electrons. The van der Waals surface area contributed by atoms with Crippen molar-refractivity contribution in [3.8, 4) is 0 Å². The first-order chi connectivity index (χ1) is 11.5. The van der Waals surface area contributed by atoms with Gasteiger partial charge in [0.1, 0.15) is 0 Å². The van der Waals surface area contributed by atoms with E-state index in [4.69, 9.17) is 4.74 Å². The Morgan fingerprint density at radius 3 is 2.62 bits per heavy atom. The highest BCUT2D eigenvalue weighted by atomic mass is 31.2. The van der Waals surface area contributed by atoms with Crippen LogP contribution in [-0.2, 0) is 15.5 Å². The summed E-state index contributed by atoms with van der Waals surface area (Å²) in [5.41, 5.74) is 1.65. The molecular formula is C17H21N2O4P. The molecule has 1 aromatic carbocycles. The van der Waals surface area contributed by atoms with E-state index in [-0.39, 0.29) is 30.0 Å². The van der Waals surface area contributed by atoms with Crippen LogP contribution in [-0.4, -0.2) is 35.3 Å². The van der Waals surface area contributed by atoms with Crippen molar-refractivity contribution in [1.29, 1.82) is 0 Å². The largest absolute Gasteiger partial charge is 0.374 e. The first-order valence-corrected chi connectivity index (χ1v) is 9.93. The zero-order valence-corrected chi connectivity index (χ0v) is 14.1. The van der Waals surface area contributed by atoms with Crippen LogP contribution in [0.1, 0.15) is 17.2 Å². The van der Waals surface area contributed by atoms with Crippen LogP contribution in [0.2, 0.25) is 0 Å². The Balaban J connectivity index is 1.54. The van der Waals surface area contributed by atoms with Gasteiger partial charge in [-0.1, -0.05) is 36.4 Å². The summed E-state index contributed by atoms with van der Waals surface area (Å²) >= 11 is 0. The first-order valence-electron chi connectivity index (χ1n) is 7.90. The van der Waals surface area contributed by atoms with Gasteiger partial charge in [-0.15, -0.1) is 0 Å². The van der Waals surface area contributed by atoms with Crippen molar-refractivity contribution >= 4 is 7.37 Å². The molecule has 1 aliphatic rings. The van der Waals surface area contributed by atoms with E-state index in [0.717, 1.165) is 11.1 Å². The number of H-pyrrole nitrogens is 1. The Morgan fingerprint density at radius 2 is 2.00 bits per heavy atom. The number of morpholine rings is 1. The van der Waals surface area contributed by atoms with Crippen molar-refractivity contribution in [1.82, 2.24) is 10.3 Å². The molecular weight excluding hydrogens is 327 g/mol. The molecule has 0 spiro atoms. The molecule has 0 aliphatic carbocycles. The standard InChI is InChI=1S/C17H21N2O4P/c20-17-7-6-14(8-19-17)16-10-23-15(9-18-16)12-24(21,22)11-13-4-2-1-3-5-13/h1-8,15-16,18H,9-12H2,(H,19,20)(H,21,22). The third-order valence-corrected chi connectivity index (χ3v) is 5.90. The van der Waals surface area contributed by atoms with Crippen molar-refractivity contribution in [3.05, 3.63) is 70.1 Å². The molecule has 1 fully saturated rings. The van der Waals surface area contributed by atoms with Gasteiger partial charge in [0.05, 0.1) is 24.9 Å². The maximum Gasteiger partial charge on any atom is 0.247 e. The van der Waals surface area contributed by atoms with Gasteiger partial charge in [0.2, 0.25) is 12.9 Å². The molecule has 1 aromatic heterocycles. The lowest BCUT2D eigenvalue weighted by molar-refractivity contribution is 0.0156. The summed E-state index contributed by atoms with van der Waals surface area (Å²) in [5, 5.41) is 3.31. The van der Waals surface area contributed by atoms with E-state index < -0.39 is 7.37 Å². The Morgan fingerprint density at radius 1 is 1.21 bits per heavy atom. The number of aromatic amines is 1. The zero-order valence-electron chi connectivity index (χ0n) is 13.2. The van der Waals surface area contributed by atoms with Crippen molar-refractivity contribution in [2.75, 3.05) is 19.3 Å². The average molecular weight is 348 g/mol. The molecule has 3 atom stereocenters. The van der Waals surface area contributed by atoms with E-state index in [0.29, 0.717) is 13.2 Å². The number of aromatic nitrogens is 1. The first kappa shape index (κ1) is 17.1. The summed E-state index contributed by atoms with van der Waals surface area (Å²) in [7, 11) is -3.29. The summed E-state index contributed by atoms with van der Waals surface area (Å²) < 4.78 is 18.2. The lowest BCUT2D eigenvalue weighted by atomic mass is 10.1. The monoisotopic (exact) mass is 348 g/mol. The van der Waals surface area contributed by atoms with Gasteiger partial charge in [0, 0.05) is 25.0 Å². The fourth-order valence-corrected chi connectivity index (χ4v) is 4.63. The maximum atomic E-state index is 12.4. The van der Waals surface area contributed by atoms with Gasteiger partial charge in [0.15, 0.2) is 0 Å². The van der Waals surface area contributed by atoms with Crippen molar-refractivity contribution < 1.29 is 14.2 Å². The number of ether oxygens (including phenoxy) is 1. The number of benzene rings is 1. The van der Waals surface area contributed by atoms with Gasteiger partial charge >= 0.3 is 0 Å². The van der Waals surface area contributed by atoms with E-state index in [1.807, 2.05) is 30.3 Å². The molecule has 3 rings (SSSR count). The molecule has 0 amide bonds. The highest BCUT2D eigenvalue weighted by Gasteiger charge is 2.29. The molecule has 7 heteroatoms. The molecule has 2 aromatic rings. The van der Waals surface area contributed by atoms with Gasteiger partial charge < -0.3 is 19.9 Å². The third-order valence-electron chi connectivity index (χ3n) is 4.06. The normalized spacial score (nSPS) is 23.5. The second-order valence-corrected chi connectivity index (χ2v) is 8.45.